The number of hydrogen-bond acceptors (Lipinski definition) is 4. The molecule has 2 saturated heterocycles. The molecule has 5 nitrogen and oxygen atoms in total. The van der Waals surface area contributed by atoms with E-state index in [1.165, 1.54) is 12.8 Å². The van der Waals surface area contributed by atoms with Gasteiger partial charge >= 0.3 is 0 Å². The minimum Gasteiger partial charge on any atom is -0.392 e. The number of carbonyl (C=O) groups is 1. The van der Waals surface area contributed by atoms with Crippen molar-refractivity contribution in [2.75, 3.05) is 39.3 Å². The highest BCUT2D eigenvalue weighted by atomic mass is 16.3. The zero-order chi connectivity index (χ0) is 16.8. The zero-order valence-electron chi connectivity index (χ0n) is 15.2. The maximum Gasteiger partial charge on any atom is 0.239 e. The molecule has 23 heavy (non-hydrogen) atoms. The summed E-state index contributed by atoms with van der Waals surface area (Å²) in [5.74, 6) is 0.311. The second kappa shape index (κ2) is 9.00. The Kier molecular flexibility index (Phi) is 7.31. The van der Waals surface area contributed by atoms with E-state index in [0.717, 1.165) is 58.5 Å². The van der Waals surface area contributed by atoms with E-state index in [1.54, 1.807) is 0 Å². The van der Waals surface area contributed by atoms with Gasteiger partial charge in [0.05, 0.1) is 12.1 Å². The molecule has 1 N–H and O–H groups in total. The highest BCUT2D eigenvalue weighted by Crippen LogP contribution is 2.18. The number of amides is 1. The fraction of sp³-hybridized carbons (Fsp3) is 0.944. The van der Waals surface area contributed by atoms with Crippen molar-refractivity contribution in [2.24, 2.45) is 0 Å². The van der Waals surface area contributed by atoms with Crippen LogP contribution in [0.25, 0.3) is 0 Å². The van der Waals surface area contributed by atoms with Gasteiger partial charge in [-0.2, -0.15) is 0 Å². The first-order chi connectivity index (χ1) is 11.0. The van der Waals surface area contributed by atoms with Crippen LogP contribution in [0.3, 0.4) is 0 Å². The predicted octanol–water partition coefficient (Wildman–Crippen LogP) is 1.55. The molecule has 2 rings (SSSR count). The summed E-state index contributed by atoms with van der Waals surface area (Å²) >= 11 is 0. The molecule has 0 radical (unpaired) electrons. The molecule has 2 heterocycles. The number of carbonyl (C=O) groups excluding carboxylic acids is 1. The Morgan fingerprint density at radius 3 is 2.30 bits per heavy atom. The molecule has 0 aromatic carbocycles. The Bertz CT molecular complexity index is 367. The summed E-state index contributed by atoms with van der Waals surface area (Å²) < 4.78 is 0. The van der Waals surface area contributed by atoms with Gasteiger partial charge in [-0.05, 0) is 33.1 Å². The van der Waals surface area contributed by atoms with Crippen molar-refractivity contribution in [2.45, 2.75) is 71.1 Å². The van der Waals surface area contributed by atoms with Gasteiger partial charge in [-0.25, -0.2) is 0 Å². The summed E-state index contributed by atoms with van der Waals surface area (Å²) in [7, 11) is 0. The number of β-amino-alcohol motifs (C(OH)–C–C–N with tert-alkyl or cyclic N) is 1. The lowest BCUT2D eigenvalue weighted by molar-refractivity contribution is -0.137. The first-order valence-electron chi connectivity index (χ1n) is 9.47. The fourth-order valence-electron chi connectivity index (χ4n) is 3.95. The molecule has 2 fully saturated rings. The number of likely N-dealkylation sites (tertiary alicyclic amines) is 1. The first kappa shape index (κ1) is 18.7. The summed E-state index contributed by atoms with van der Waals surface area (Å²) in [6.07, 6.45) is 5.60. The van der Waals surface area contributed by atoms with Crippen LogP contribution >= 0.6 is 0 Å². The standard InChI is InChI=1S/C18H35N3O2/c1-4-17-14-20(11-12-21(17)13-15(2)22)16(3)18(23)19-9-7-5-6-8-10-19/h15-17,22H,4-14H2,1-3H3/t15-,16-,17+/m0/s1. The smallest absolute Gasteiger partial charge is 0.239 e. The number of rotatable bonds is 5. The largest absolute Gasteiger partial charge is 0.392 e. The third-order valence-corrected chi connectivity index (χ3v) is 5.43. The molecule has 2 aliphatic heterocycles. The third-order valence-electron chi connectivity index (χ3n) is 5.43. The number of aliphatic hydroxyl groups excluding tert-OH is 1. The van der Waals surface area contributed by atoms with E-state index in [0.29, 0.717) is 11.9 Å². The van der Waals surface area contributed by atoms with E-state index >= 15 is 0 Å². The van der Waals surface area contributed by atoms with Gasteiger partial charge in [-0.15, -0.1) is 0 Å². The molecule has 0 unspecified atom stereocenters. The van der Waals surface area contributed by atoms with Crippen LogP contribution in [0.5, 0.6) is 0 Å². The summed E-state index contributed by atoms with van der Waals surface area (Å²) in [4.78, 5) is 19.6. The van der Waals surface area contributed by atoms with Crippen LogP contribution in [0.4, 0.5) is 0 Å². The van der Waals surface area contributed by atoms with Gasteiger partial charge in [0.25, 0.3) is 0 Å². The molecular formula is C18H35N3O2. The first-order valence-corrected chi connectivity index (χ1v) is 9.47. The van der Waals surface area contributed by atoms with Crippen molar-refractivity contribution in [1.82, 2.24) is 14.7 Å². The minimum absolute atomic E-state index is 0.0177. The normalized spacial score (nSPS) is 27.5. The Hall–Kier alpha value is -0.650. The van der Waals surface area contributed by atoms with Crippen molar-refractivity contribution >= 4 is 5.91 Å². The van der Waals surface area contributed by atoms with Gasteiger partial charge in [0.1, 0.15) is 0 Å². The number of hydrogen-bond donors (Lipinski definition) is 1. The van der Waals surface area contributed by atoms with E-state index in [-0.39, 0.29) is 12.1 Å². The number of aliphatic hydroxyl groups is 1. The molecular weight excluding hydrogens is 290 g/mol. The van der Waals surface area contributed by atoms with Crippen molar-refractivity contribution < 1.29 is 9.90 Å². The molecule has 134 valence electrons. The zero-order valence-corrected chi connectivity index (χ0v) is 15.2. The molecule has 1 amide bonds. The molecule has 0 aromatic rings. The van der Waals surface area contributed by atoms with Crippen molar-refractivity contribution in [3.8, 4) is 0 Å². The fourth-order valence-corrected chi connectivity index (χ4v) is 3.95. The summed E-state index contributed by atoms with van der Waals surface area (Å²) in [5.41, 5.74) is 0. The van der Waals surface area contributed by atoms with Crippen LogP contribution in [0.2, 0.25) is 0 Å². The van der Waals surface area contributed by atoms with Crippen LogP contribution in [-0.2, 0) is 4.79 Å². The van der Waals surface area contributed by atoms with E-state index < -0.39 is 0 Å². The van der Waals surface area contributed by atoms with Gasteiger partial charge in [-0.1, -0.05) is 19.8 Å². The van der Waals surface area contributed by atoms with Crippen LogP contribution in [0.1, 0.15) is 52.9 Å². The van der Waals surface area contributed by atoms with Gasteiger partial charge in [0.15, 0.2) is 0 Å². The van der Waals surface area contributed by atoms with Gasteiger partial charge in [-0.3, -0.25) is 14.6 Å². The minimum atomic E-state index is -0.285. The Labute approximate surface area is 141 Å². The number of piperazine rings is 1. The summed E-state index contributed by atoms with van der Waals surface area (Å²) in [6, 6.07) is 0.425. The quantitative estimate of drug-likeness (QED) is 0.833. The predicted molar refractivity (Wildman–Crippen MR) is 93.4 cm³/mol. The Morgan fingerprint density at radius 1 is 1.09 bits per heavy atom. The lowest BCUT2D eigenvalue weighted by Crippen LogP contribution is -2.59. The topological polar surface area (TPSA) is 47.0 Å². The average Bonchev–Trinajstić information content (AvgIpc) is 2.82. The highest BCUT2D eigenvalue weighted by Gasteiger charge is 2.33. The van der Waals surface area contributed by atoms with Crippen molar-refractivity contribution in [3.05, 3.63) is 0 Å². The van der Waals surface area contributed by atoms with Crippen LogP contribution in [0, 0.1) is 0 Å². The Balaban J connectivity index is 1.91. The number of nitrogens with zero attached hydrogens (tertiary/aromatic N) is 3. The molecule has 2 aliphatic rings. The van der Waals surface area contributed by atoms with Crippen LogP contribution in [0.15, 0.2) is 0 Å². The maximum absolute atomic E-state index is 12.8. The molecule has 5 heteroatoms. The molecule has 0 aromatic heterocycles. The van der Waals surface area contributed by atoms with Crippen molar-refractivity contribution in [1.29, 1.82) is 0 Å². The second-order valence-electron chi connectivity index (χ2n) is 7.32. The van der Waals surface area contributed by atoms with E-state index in [4.69, 9.17) is 0 Å². The lowest BCUT2D eigenvalue weighted by atomic mass is 10.1. The summed E-state index contributed by atoms with van der Waals surface area (Å²) in [5, 5.41) is 9.66. The van der Waals surface area contributed by atoms with Crippen LogP contribution < -0.4 is 0 Å². The van der Waals surface area contributed by atoms with Gasteiger partial charge in [0.2, 0.25) is 5.91 Å². The Morgan fingerprint density at radius 2 is 1.74 bits per heavy atom. The maximum atomic E-state index is 12.8. The monoisotopic (exact) mass is 325 g/mol. The van der Waals surface area contributed by atoms with Crippen LogP contribution in [-0.4, -0.2) is 83.2 Å². The van der Waals surface area contributed by atoms with E-state index in [9.17, 15) is 9.90 Å². The van der Waals surface area contributed by atoms with Gasteiger partial charge in [0, 0.05) is 45.3 Å². The summed E-state index contributed by atoms with van der Waals surface area (Å²) in [6.45, 7) is 11.5. The SMILES string of the molecule is CC[C@@H]1CN([C@@H](C)C(=O)N2CCCCCC2)CCN1C[C@H](C)O. The third kappa shape index (κ3) is 5.16. The lowest BCUT2D eigenvalue weighted by Gasteiger charge is -2.44. The second-order valence-corrected chi connectivity index (χ2v) is 7.32. The molecule has 0 aliphatic carbocycles. The molecule has 0 bridgehead atoms. The molecule has 0 saturated carbocycles. The van der Waals surface area contributed by atoms with Crippen molar-refractivity contribution in [3.63, 3.8) is 0 Å². The van der Waals surface area contributed by atoms with E-state index in [2.05, 4.69) is 28.5 Å². The molecule has 0 spiro atoms. The highest BCUT2D eigenvalue weighted by molar-refractivity contribution is 5.81. The average molecular weight is 325 g/mol. The van der Waals surface area contributed by atoms with E-state index in [1.807, 2.05) is 6.92 Å². The van der Waals surface area contributed by atoms with Gasteiger partial charge < -0.3 is 10.0 Å². The molecule has 3 atom stereocenters.